The minimum atomic E-state index is -5.73. The van der Waals surface area contributed by atoms with E-state index in [2.05, 4.69) is 45.1 Å². The Hall–Kier alpha value is -3.08. The van der Waals surface area contributed by atoms with Gasteiger partial charge in [-0.3, -0.25) is 18.6 Å². The maximum Gasteiger partial charge on any atom is 0.472 e. The van der Waals surface area contributed by atoms with Crippen molar-refractivity contribution in [3.63, 3.8) is 0 Å². The first kappa shape index (κ1) is 90.1. The van der Waals surface area contributed by atoms with Gasteiger partial charge in [-0.15, -0.1) is 0 Å². The van der Waals surface area contributed by atoms with E-state index in [1.54, 1.807) is 6.08 Å². The minimum absolute atomic E-state index is 0.00315. The molecule has 18 atom stereocenters. The van der Waals surface area contributed by atoms with Gasteiger partial charge >= 0.3 is 25.7 Å². The first-order valence-electron chi connectivity index (χ1n) is 38.0. The second kappa shape index (κ2) is 55.4. The third kappa shape index (κ3) is 38.5. The van der Waals surface area contributed by atoms with Crippen LogP contribution in [-0.2, 0) is 61.2 Å². The molecule has 0 bridgehead atoms. The number of hydrogen-bond acceptors (Lipinski definition) is 23. The summed E-state index contributed by atoms with van der Waals surface area (Å²) in [6.45, 7) is 3.30. The molecule has 2 heterocycles. The summed E-state index contributed by atoms with van der Waals surface area (Å²) >= 11 is 0. The van der Waals surface area contributed by atoms with E-state index in [0.717, 1.165) is 115 Å². The van der Waals surface area contributed by atoms with Crippen molar-refractivity contribution in [1.82, 2.24) is 0 Å². The quantitative estimate of drug-likeness (QED) is 0.00512. The summed E-state index contributed by atoms with van der Waals surface area (Å²) in [5.41, 5.74) is 0. The Balaban J connectivity index is 1.76. The average Bonchev–Trinajstić information content (AvgIpc) is 0.763. The van der Waals surface area contributed by atoms with Crippen LogP contribution in [0.1, 0.15) is 271 Å². The highest BCUT2D eigenvalue weighted by Crippen LogP contribution is 2.49. The zero-order valence-corrected chi connectivity index (χ0v) is 60.9. The van der Waals surface area contributed by atoms with Crippen molar-refractivity contribution in [2.45, 2.75) is 375 Å². The van der Waals surface area contributed by atoms with E-state index in [-0.39, 0.29) is 12.8 Å². The molecule has 25 heteroatoms. The second-order valence-electron chi connectivity index (χ2n) is 27.1. The van der Waals surface area contributed by atoms with Gasteiger partial charge in [-0.2, -0.15) is 0 Å². The predicted molar refractivity (Wildman–Crippen MR) is 374 cm³/mol. The van der Waals surface area contributed by atoms with Crippen molar-refractivity contribution in [1.29, 1.82) is 0 Å². The fraction of sp³-hybridized carbons (Fsp3) is 0.851. The predicted octanol–water partition coefficient (Wildman–Crippen LogP) is 10.5. The molecule has 2 saturated heterocycles. The molecule has 576 valence electrons. The number of carbonyl (C=O) groups excluding carboxylic acids is 3. The van der Waals surface area contributed by atoms with E-state index >= 15 is 0 Å². The summed E-state index contributed by atoms with van der Waals surface area (Å²) in [4.78, 5) is 50.9. The smallest absolute Gasteiger partial charge is 0.463 e. The van der Waals surface area contributed by atoms with E-state index in [9.17, 15) is 74.9 Å². The van der Waals surface area contributed by atoms with Crippen LogP contribution in [0.15, 0.2) is 48.6 Å². The Labute approximate surface area is 590 Å². The number of rotatable bonds is 58. The molecule has 11 N–H and O–H groups in total. The second-order valence-corrected chi connectivity index (χ2v) is 28.5. The number of ether oxygens (including phenoxy) is 7. The Bertz CT molecular complexity index is 2240. The van der Waals surface area contributed by atoms with Crippen LogP contribution in [0, 0.1) is 0 Å². The molecule has 0 aromatic heterocycles. The molecule has 1 saturated carbocycles. The Morgan fingerprint density at radius 1 is 0.414 bits per heavy atom. The number of carbonyl (C=O) groups is 3. The molecule has 0 spiro atoms. The van der Waals surface area contributed by atoms with Crippen molar-refractivity contribution < 1.29 is 117 Å². The van der Waals surface area contributed by atoms with E-state index in [0.29, 0.717) is 12.8 Å². The molecular weight excluding hydrogens is 1300 g/mol. The maximum atomic E-state index is 14.3. The fourth-order valence-corrected chi connectivity index (χ4v) is 13.1. The number of aliphatic hydroxyl groups is 10. The molecule has 0 radical (unpaired) electrons. The van der Waals surface area contributed by atoms with Crippen LogP contribution in [0.2, 0.25) is 0 Å². The van der Waals surface area contributed by atoms with Crippen molar-refractivity contribution in [2.24, 2.45) is 0 Å². The number of phosphoric ester groups is 1. The van der Waals surface area contributed by atoms with Gasteiger partial charge in [-0.25, -0.2) is 9.36 Å². The topological polar surface area (TPSA) is 374 Å². The monoisotopic (exact) mass is 1430 g/mol. The van der Waals surface area contributed by atoms with Crippen LogP contribution in [0.5, 0.6) is 0 Å². The summed E-state index contributed by atoms with van der Waals surface area (Å²) in [6, 6.07) is 0. The third-order valence-corrected chi connectivity index (χ3v) is 19.4. The van der Waals surface area contributed by atoms with Crippen LogP contribution in [0.25, 0.3) is 0 Å². The molecule has 0 amide bonds. The van der Waals surface area contributed by atoms with Crippen molar-refractivity contribution in [3.8, 4) is 0 Å². The number of esters is 3. The maximum absolute atomic E-state index is 14.3. The van der Waals surface area contributed by atoms with Crippen molar-refractivity contribution in [3.05, 3.63) is 48.6 Å². The van der Waals surface area contributed by atoms with Crippen LogP contribution in [-0.4, -0.2) is 204 Å². The molecule has 3 fully saturated rings. The van der Waals surface area contributed by atoms with Crippen molar-refractivity contribution in [2.75, 3.05) is 26.4 Å². The number of hydrogen-bond donors (Lipinski definition) is 11. The van der Waals surface area contributed by atoms with Crippen molar-refractivity contribution >= 4 is 25.7 Å². The Morgan fingerprint density at radius 2 is 0.778 bits per heavy atom. The molecule has 18 unspecified atom stereocenters. The molecule has 24 nitrogen and oxygen atoms in total. The highest BCUT2D eigenvalue weighted by atomic mass is 31.2. The van der Waals surface area contributed by atoms with Gasteiger partial charge in [0.1, 0.15) is 98.7 Å². The van der Waals surface area contributed by atoms with Gasteiger partial charge in [0.15, 0.2) is 18.7 Å². The highest BCUT2D eigenvalue weighted by Gasteiger charge is 2.58. The summed E-state index contributed by atoms with van der Waals surface area (Å²) < 4.78 is 64.8. The summed E-state index contributed by atoms with van der Waals surface area (Å²) in [6.07, 6.45) is 19.6. The Morgan fingerprint density at radius 3 is 1.22 bits per heavy atom. The number of phosphoric acid groups is 1. The molecule has 99 heavy (non-hydrogen) atoms. The lowest BCUT2D eigenvalue weighted by molar-refractivity contribution is -0.360. The fourth-order valence-electron chi connectivity index (χ4n) is 12.2. The number of aliphatic hydroxyl groups excluding tert-OH is 10. The van der Waals surface area contributed by atoms with Crippen LogP contribution in [0.4, 0.5) is 0 Å². The number of allylic oxidation sites excluding steroid dienone is 7. The van der Waals surface area contributed by atoms with E-state index in [1.165, 1.54) is 122 Å². The van der Waals surface area contributed by atoms with Crippen LogP contribution >= 0.6 is 7.82 Å². The van der Waals surface area contributed by atoms with Gasteiger partial charge in [0.2, 0.25) is 0 Å². The average molecular weight is 1440 g/mol. The summed E-state index contributed by atoms with van der Waals surface area (Å²) in [5, 5.41) is 110. The molecule has 0 aromatic rings. The van der Waals surface area contributed by atoms with Gasteiger partial charge < -0.3 is 89.1 Å². The SMILES string of the molecule is CCCCCC/C=C\CCCCCCCCCC(=O)OCC(COP(=O)(O)OC1C(OC2OC(CO)C(O)C(O)C2O)C(O)C(O)C(O)C1OC1OC(COC(=O)CCCCC/C=C\CCCCCCCCC)C(O)C(O)C1O)OC(=O)/C=C/C=C/CCCCCCCCCCCCC. The first-order chi connectivity index (χ1) is 47.8. The van der Waals surface area contributed by atoms with Gasteiger partial charge in [0, 0.05) is 18.9 Å². The first-order valence-corrected chi connectivity index (χ1v) is 39.5. The van der Waals surface area contributed by atoms with Gasteiger partial charge in [0.25, 0.3) is 0 Å². The Kier molecular flexibility index (Phi) is 50.5. The lowest BCUT2D eigenvalue weighted by Crippen LogP contribution is -2.69. The van der Waals surface area contributed by atoms with Gasteiger partial charge in [-0.05, 0) is 77.0 Å². The van der Waals surface area contributed by atoms with E-state index in [1.807, 2.05) is 6.08 Å². The van der Waals surface area contributed by atoms with E-state index < -0.39 is 156 Å². The molecule has 1 aliphatic carbocycles. The van der Waals surface area contributed by atoms with Gasteiger partial charge in [-0.1, -0.05) is 224 Å². The third-order valence-electron chi connectivity index (χ3n) is 18.4. The zero-order valence-electron chi connectivity index (χ0n) is 60.0. The number of unbranched alkanes of at least 4 members (excludes halogenated alkanes) is 32. The standard InChI is InChI=1S/C74H131O24P/c1-4-7-10-13-16-19-22-25-28-31-34-36-39-42-45-48-58(76)90-52-55(93-60(78)50-47-44-41-38-35-32-29-26-23-20-17-14-11-8-5-2)53-92-99(88,89)98-72-70(96-73-68(86)63(81)61(79)56(51-75)94-73)66(84)65(83)67(85)71(72)97-74-69(87)64(82)62(80)57(95-74)54-91-59(77)49-46-43-40-37-33-30-27-24-21-18-15-12-9-6-3/h19,22,30,33,41,44,47,50,55-57,61-75,79-87H,4-18,20-21,23-29,31-32,34-40,42-43,45-46,48-49,51-54H2,1-3H3,(H,88,89)/b22-19-,33-30-,44-41+,50-47+. The highest BCUT2D eigenvalue weighted by molar-refractivity contribution is 7.47. The summed E-state index contributed by atoms with van der Waals surface area (Å²) in [7, 11) is -5.73. The largest absolute Gasteiger partial charge is 0.472 e. The van der Waals surface area contributed by atoms with Crippen LogP contribution in [0.3, 0.4) is 0 Å². The molecule has 2 aliphatic heterocycles. The molecule has 0 aromatic carbocycles. The minimum Gasteiger partial charge on any atom is -0.463 e. The van der Waals surface area contributed by atoms with Gasteiger partial charge in [0.05, 0.1) is 13.2 Å². The molecule has 3 aliphatic rings. The normalized spacial score (nSPS) is 27.7. The molecular formula is C74H131O24P. The lowest BCUT2D eigenvalue weighted by Gasteiger charge is -2.49. The summed E-state index contributed by atoms with van der Waals surface area (Å²) in [5.74, 6) is -2.27. The van der Waals surface area contributed by atoms with E-state index in [4.69, 9.17) is 42.2 Å². The molecule has 3 rings (SSSR count). The van der Waals surface area contributed by atoms with Crippen LogP contribution < -0.4 is 0 Å². The zero-order chi connectivity index (χ0) is 72.5. The lowest BCUT2D eigenvalue weighted by atomic mass is 9.84.